The zero-order valence-corrected chi connectivity index (χ0v) is 11.7. The number of halogens is 1. The van der Waals surface area contributed by atoms with E-state index in [-0.39, 0.29) is 0 Å². The van der Waals surface area contributed by atoms with E-state index >= 15 is 0 Å². The van der Waals surface area contributed by atoms with Crippen LogP contribution in [0.25, 0.3) is 10.9 Å². The van der Waals surface area contributed by atoms with Crippen molar-refractivity contribution in [2.75, 3.05) is 0 Å². The molecule has 4 nitrogen and oxygen atoms in total. The molecule has 20 heavy (non-hydrogen) atoms. The van der Waals surface area contributed by atoms with Crippen molar-refractivity contribution in [2.45, 2.75) is 12.5 Å². The van der Waals surface area contributed by atoms with Gasteiger partial charge in [0.2, 0.25) is 0 Å². The van der Waals surface area contributed by atoms with Crippen LogP contribution in [0.3, 0.4) is 0 Å². The predicted octanol–water partition coefficient (Wildman–Crippen LogP) is 2.90. The zero-order chi connectivity index (χ0) is 14.1. The molecule has 3 rings (SSSR count). The van der Waals surface area contributed by atoms with E-state index in [2.05, 4.69) is 10.1 Å². The van der Waals surface area contributed by atoms with Crippen LogP contribution in [0.1, 0.15) is 17.2 Å². The minimum Gasteiger partial charge on any atom is -0.388 e. The molecule has 0 aliphatic carbocycles. The number of rotatable bonds is 3. The Morgan fingerprint density at radius 1 is 1.35 bits per heavy atom. The van der Waals surface area contributed by atoms with Crippen LogP contribution in [0.15, 0.2) is 42.9 Å². The maximum Gasteiger partial charge on any atom is 0.0852 e. The van der Waals surface area contributed by atoms with Gasteiger partial charge in [0.25, 0.3) is 0 Å². The van der Waals surface area contributed by atoms with Gasteiger partial charge in [-0.25, -0.2) is 0 Å². The van der Waals surface area contributed by atoms with Crippen LogP contribution < -0.4 is 0 Å². The minimum atomic E-state index is -0.631. The van der Waals surface area contributed by atoms with Crippen molar-refractivity contribution in [3.63, 3.8) is 0 Å². The average molecular weight is 288 g/mol. The normalized spacial score (nSPS) is 12.8. The van der Waals surface area contributed by atoms with E-state index in [1.54, 1.807) is 23.1 Å². The van der Waals surface area contributed by atoms with Crippen molar-refractivity contribution in [1.29, 1.82) is 0 Å². The molecule has 0 aliphatic rings. The van der Waals surface area contributed by atoms with E-state index in [9.17, 15) is 5.11 Å². The standard InChI is InChI=1S/C15H14ClN3O/c1-19-9-10(8-18-19)7-14(20)12-4-5-13(16)11-3-2-6-17-15(11)12/h2-6,8-9,14,20H,7H2,1H3. The smallest absolute Gasteiger partial charge is 0.0852 e. The molecule has 1 atom stereocenters. The number of hydrogen-bond acceptors (Lipinski definition) is 3. The molecule has 0 aliphatic heterocycles. The number of aryl methyl sites for hydroxylation is 1. The number of fused-ring (bicyclic) bond motifs is 1. The Morgan fingerprint density at radius 3 is 2.95 bits per heavy atom. The molecule has 102 valence electrons. The van der Waals surface area contributed by atoms with Crippen molar-refractivity contribution in [3.05, 3.63) is 59.0 Å². The molecule has 0 amide bonds. The van der Waals surface area contributed by atoms with Crippen LogP contribution in [0.2, 0.25) is 5.02 Å². The lowest BCUT2D eigenvalue weighted by molar-refractivity contribution is 0.180. The molecule has 0 spiro atoms. The fourth-order valence-corrected chi connectivity index (χ4v) is 2.55. The first-order valence-electron chi connectivity index (χ1n) is 6.34. The van der Waals surface area contributed by atoms with Gasteiger partial charge in [-0.2, -0.15) is 5.10 Å². The van der Waals surface area contributed by atoms with Crippen molar-refractivity contribution in [2.24, 2.45) is 7.05 Å². The molecule has 0 radical (unpaired) electrons. The third kappa shape index (κ3) is 2.40. The highest BCUT2D eigenvalue weighted by Gasteiger charge is 2.15. The van der Waals surface area contributed by atoms with Crippen LogP contribution in [0.5, 0.6) is 0 Å². The third-order valence-corrected chi connectivity index (χ3v) is 3.62. The van der Waals surface area contributed by atoms with Crippen LogP contribution in [0, 0.1) is 0 Å². The fraction of sp³-hybridized carbons (Fsp3) is 0.200. The van der Waals surface area contributed by atoms with E-state index < -0.39 is 6.10 Å². The molecule has 1 aromatic carbocycles. The highest BCUT2D eigenvalue weighted by molar-refractivity contribution is 6.35. The quantitative estimate of drug-likeness (QED) is 0.806. The number of nitrogens with zero attached hydrogens (tertiary/aromatic N) is 3. The van der Waals surface area contributed by atoms with Gasteiger partial charge in [-0.15, -0.1) is 0 Å². The number of hydrogen-bond donors (Lipinski definition) is 1. The van der Waals surface area contributed by atoms with Gasteiger partial charge in [-0.1, -0.05) is 17.7 Å². The summed E-state index contributed by atoms with van der Waals surface area (Å²) in [6.07, 6.45) is 5.23. The second-order valence-corrected chi connectivity index (χ2v) is 5.19. The molecule has 0 saturated heterocycles. The number of aromatic nitrogens is 3. The van der Waals surface area contributed by atoms with Gasteiger partial charge in [0.1, 0.15) is 0 Å². The van der Waals surface area contributed by atoms with Crippen molar-refractivity contribution < 1.29 is 5.11 Å². The summed E-state index contributed by atoms with van der Waals surface area (Å²) in [4.78, 5) is 4.34. The Hall–Kier alpha value is -1.91. The Labute approximate surface area is 121 Å². The molecule has 0 fully saturated rings. The van der Waals surface area contributed by atoms with Crippen LogP contribution in [0.4, 0.5) is 0 Å². The van der Waals surface area contributed by atoms with E-state index in [0.717, 1.165) is 22.0 Å². The lowest BCUT2D eigenvalue weighted by Gasteiger charge is -2.13. The number of pyridine rings is 1. The predicted molar refractivity (Wildman–Crippen MR) is 78.6 cm³/mol. The lowest BCUT2D eigenvalue weighted by atomic mass is 10.0. The fourth-order valence-electron chi connectivity index (χ4n) is 2.34. The highest BCUT2D eigenvalue weighted by Crippen LogP contribution is 2.29. The van der Waals surface area contributed by atoms with Crippen LogP contribution >= 0.6 is 11.6 Å². The number of benzene rings is 1. The van der Waals surface area contributed by atoms with Crippen LogP contribution in [-0.2, 0) is 13.5 Å². The molecule has 1 unspecified atom stereocenters. The van der Waals surface area contributed by atoms with E-state index in [0.29, 0.717) is 11.4 Å². The topological polar surface area (TPSA) is 50.9 Å². The molecule has 2 heterocycles. The van der Waals surface area contributed by atoms with Gasteiger partial charge in [0.05, 0.1) is 17.8 Å². The zero-order valence-electron chi connectivity index (χ0n) is 11.0. The second kappa shape index (κ2) is 5.23. The minimum absolute atomic E-state index is 0.501. The summed E-state index contributed by atoms with van der Waals surface area (Å²) in [6, 6.07) is 7.38. The molecular formula is C15H14ClN3O. The van der Waals surface area contributed by atoms with Crippen molar-refractivity contribution in [1.82, 2.24) is 14.8 Å². The summed E-state index contributed by atoms with van der Waals surface area (Å²) in [6.45, 7) is 0. The van der Waals surface area contributed by atoms with E-state index in [1.807, 2.05) is 31.4 Å². The summed E-state index contributed by atoms with van der Waals surface area (Å²) in [5.41, 5.74) is 2.52. The molecule has 0 saturated carbocycles. The molecular weight excluding hydrogens is 274 g/mol. The van der Waals surface area contributed by atoms with Gasteiger partial charge in [-0.3, -0.25) is 9.67 Å². The van der Waals surface area contributed by atoms with E-state index in [1.165, 1.54) is 0 Å². The monoisotopic (exact) mass is 287 g/mol. The van der Waals surface area contributed by atoms with Gasteiger partial charge in [-0.05, 0) is 23.8 Å². The first-order chi connectivity index (χ1) is 9.65. The largest absolute Gasteiger partial charge is 0.388 e. The average Bonchev–Trinajstić information content (AvgIpc) is 2.84. The number of aliphatic hydroxyl groups is 1. The summed E-state index contributed by atoms with van der Waals surface area (Å²) >= 11 is 6.16. The highest BCUT2D eigenvalue weighted by atomic mass is 35.5. The van der Waals surface area contributed by atoms with Crippen LogP contribution in [-0.4, -0.2) is 19.9 Å². The number of aliphatic hydroxyl groups excluding tert-OH is 1. The second-order valence-electron chi connectivity index (χ2n) is 4.78. The molecule has 3 aromatic rings. The first kappa shape index (κ1) is 13.1. The maximum atomic E-state index is 10.5. The Kier molecular flexibility index (Phi) is 3.42. The molecule has 2 aromatic heterocycles. The van der Waals surface area contributed by atoms with Gasteiger partial charge >= 0.3 is 0 Å². The van der Waals surface area contributed by atoms with E-state index in [4.69, 9.17) is 11.6 Å². The van der Waals surface area contributed by atoms with Gasteiger partial charge in [0, 0.05) is 41.8 Å². The Bertz CT molecular complexity index is 754. The SMILES string of the molecule is Cn1cc(CC(O)c2ccc(Cl)c3cccnc23)cn1. The summed E-state index contributed by atoms with van der Waals surface area (Å²) in [5.74, 6) is 0. The maximum absolute atomic E-state index is 10.5. The third-order valence-electron chi connectivity index (χ3n) is 3.29. The molecule has 1 N–H and O–H groups in total. The lowest BCUT2D eigenvalue weighted by Crippen LogP contribution is -2.03. The van der Waals surface area contributed by atoms with Crippen molar-refractivity contribution in [3.8, 4) is 0 Å². The molecule has 5 heteroatoms. The summed E-state index contributed by atoms with van der Waals surface area (Å²) in [5, 5.41) is 16.1. The molecule has 0 bridgehead atoms. The summed E-state index contributed by atoms with van der Waals surface area (Å²) < 4.78 is 1.72. The Morgan fingerprint density at radius 2 is 2.20 bits per heavy atom. The Balaban J connectivity index is 1.99. The van der Waals surface area contributed by atoms with Crippen molar-refractivity contribution >= 4 is 22.5 Å². The van der Waals surface area contributed by atoms with Gasteiger partial charge in [0.15, 0.2) is 0 Å². The van der Waals surface area contributed by atoms with Gasteiger partial charge < -0.3 is 5.11 Å². The first-order valence-corrected chi connectivity index (χ1v) is 6.71. The summed E-state index contributed by atoms with van der Waals surface area (Å²) in [7, 11) is 1.86.